The second-order valence-corrected chi connectivity index (χ2v) is 5.72. The third-order valence-electron chi connectivity index (χ3n) is 4.11. The van der Waals surface area contributed by atoms with Crippen LogP contribution in [0, 0.1) is 0 Å². The summed E-state index contributed by atoms with van der Waals surface area (Å²) in [7, 11) is 6.74. The summed E-state index contributed by atoms with van der Waals surface area (Å²) in [6.07, 6.45) is 2.72. The first-order valence-electron chi connectivity index (χ1n) is 8.21. The lowest BCUT2D eigenvalue weighted by Gasteiger charge is -2.25. The van der Waals surface area contributed by atoms with Crippen molar-refractivity contribution in [3.8, 4) is 11.5 Å². The SMILES string of the molecule is COCCCN(Cc1cccn1C)C(=O)c1c(OC)cccc1OC. The number of carbonyl (C=O) groups excluding carboxylic acids is 1. The van der Waals surface area contributed by atoms with Crippen LogP contribution < -0.4 is 9.47 Å². The van der Waals surface area contributed by atoms with Crippen LogP contribution in [-0.2, 0) is 18.3 Å². The monoisotopic (exact) mass is 346 g/mol. The molecule has 1 amide bonds. The highest BCUT2D eigenvalue weighted by atomic mass is 16.5. The first-order valence-corrected chi connectivity index (χ1v) is 8.21. The van der Waals surface area contributed by atoms with E-state index in [-0.39, 0.29) is 5.91 Å². The average molecular weight is 346 g/mol. The highest BCUT2D eigenvalue weighted by Crippen LogP contribution is 2.30. The second-order valence-electron chi connectivity index (χ2n) is 5.72. The number of rotatable bonds is 9. The van der Waals surface area contributed by atoms with Crippen molar-refractivity contribution in [3.63, 3.8) is 0 Å². The fraction of sp³-hybridized carbons (Fsp3) is 0.421. The molecule has 1 aromatic carbocycles. The Hall–Kier alpha value is -2.47. The number of aryl methyl sites for hydroxylation is 1. The van der Waals surface area contributed by atoms with Crippen molar-refractivity contribution in [2.45, 2.75) is 13.0 Å². The van der Waals surface area contributed by atoms with Gasteiger partial charge in [-0.15, -0.1) is 0 Å². The molecule has 2 rings (SSSR count). The van der Waals surface area contributed by atoms with Gasteiger partial charge >= 0.3 is 0 Å². The number of carbonyl (C=O) groups is 1. The molecule has 6 heteroatoms. The molecule has 136 valence electrons. The van der Waals surface area contributed by atoms with E-state index in [4.69, 9.17) is 14.2 Å². The largest absolute Gasteiger partial charge is 0.496 e. The van der Waals surface area contributed by atoms with Gasteiger partial charge in [0.1, 0.15) is 17.1 Å². The van der Waals surface area contributed by atoms with Gasteiger partial charge in [0.15, 0.2) is 0 Å². The van der Waals surface area contributed by atoms with Crippen LogP contribution in [0.25, 0.3) is 0 Å². The number of methoxy groups -OCH3 is 3. The van der Waals surface area contributed by atoms with E-state index in [9.17, 15) is 4.79 Å². The van der Waals surface area contributed by atoms with Gasteiger partial charge < -0.3 is 23.7 Å². The zero-order valence-electron chi connectivity index (χ0n) is 15.3. The van der Waals surface area contributed by atoms with E-state index in [0.29, 0.717) is 36.8 Å². The number of benzene rings is 1. The Labute approximate surface area is 148 Å². The maximum Gasteiger partial charge on any atom is 0.261 e. The van der Waals surface area contributed by atoms with Crippen LogP contribution in [0.5, 0.6) is 11.5 Å². The highest BCUT2D eigenvalue weighted by Gasteiger charge is 2.24. The van der Waals surface area contributed by atoms with E-state index in [2.05, 4.69) is 0 Å². The molecule has 0 spiro atoms. The summed E-state index contributed by atoms with van der Waals surface area (Å²) in [5.41, 5.74) is 1.50. The van der Waals surface area contributed by atoms with Crippen molar-refractivity contribution in [3.05, 3.63) is 47.8 Å². The highest BCUT2D eigenvalue weighted by molar-refractivity contribution is 5.99. The molecule has 0 aliphatic carbocycles. The lowest BCUT2D eigenvalue weighted by atomic mass is 10.1. The van der Waals surface area contributed by atoms with Gasteiger partial charge in [0.2, 0.25) is 0 Å². The van der Waals surface area contributed by atoms with Gasteiger partial charge in [0.25, 0.3) is 5.91 Å². The van der Waals surface area contributed by atoms with Crippen LogP contribution >= 0.6 is 0 Å². The van der Waals surface area contributed by atoms with Crippen LogP contribution in [0.2, 0.25) is 0 Å². The lowest BCUT2D eigenvalue weighted by Crippen LogP contribution is -2.33. The minimum atomic E-state index is -0.119. The first-order chi connectivity index (χ1) is 12.1. The molecule has 0 aliphatic rings. The summed E-state index contributed by atoms with van der Waals surface area (Å²) in [5, 5.41) is 0. The number of ether oxygens (including phenoxy) is 3. The molecule has 0 bridgehead atoms. The average Bonchev–Trinajstić information content (AvgIpc) is 3.04. The number of nitrogens with zero attached hydrogens (tertiary/aromatic N) is 2. The van der Waals surface area contributed by atoms with Gasteiger partial charge in [-0.05, 0) is 30.7 Å². The molecule has 25 heavy (non-hydrogen) atoms. The molecule has 1 aromatic heterocycles. The quantitative estimate of drug-likeness (QED) is 0.655. The number of aromatic nitrogens is 1. The molecule has 0 fully saturated rings. The standard InChI is InChI=1S/C19H26N2O4/c1-20-11-6-8-15(20)14-21(12-7-13-23-2)19(22)18-16(24-3)9-5-10-17(18)25-4/h5-6,8-11H,7,12-14H2,1-4H3. The summed E-state index contributed by atoms with van der Waals surface area (Å²) in [6.45, 7) is 1.69. The maximum atomic E-state index is 13.3. The maximum absolute atomic E-state index is 13.3. The van der Waals surface area contributed by atoms with Crippen LogP contribution in [0.4, 0.5) is 0 Å². The molecular weight excluding hydrogens is 320 g/mol. The topological polar surface area (TPSA) is 52.9 Å². The zero-order valence-corrected chi connectivity index (χ0v) is 15.3. The molecule has 0 N–H and O–H groups in total. The third kappa shape index (κ3) is 4.54. The van der Waals surface area contributed by atoms with Crippen LogP contribution in [0.3, 0.4) is 0 Å². The third-order valence-corrected chi connectivity index (χ3v) is 4.11. The van der Waals surface area contributed by atoms with E-state index in [1.165, 1.54) is 0 Å². The summed E-state index contributed by atoms with van der Waals surface area (Å²) < 4.78 is 17.9. The normalized spacial score (nSPS) is 10.6. The Bertz CT molecular complexity index is 674. The molecule has 0 radical (unpaired) electrons. The Balaban J connectivity index is 2.32. The molecule has 0 atom stereocenters. The van der Waals surface area contributed by atoms with Crippen LogP contribution in [-0.4, -0.2) is 49.9 Å². The molecular formula is C19H26N2O4. The molecule has 0 unspecified atom stereocenters. The van der Waals surface area contributed by atoms with E-state index in [1.54, 1.807) is 44.4 Å². The van der Waals surface area contributed by atoms with Crippen molar-refractivity contribution in [1.29, 1.82) is 0 Å². The first kappa shape index (κ1) is 18.9. The Morgan fingerprint density at radius 2 is 1.76 bits per heavy atom. The molecule has 2 aromatic rings. The zero-order chi connectivity index (χ0) is 18.2. The Morgan fingerprint density at radius 1 is 1.08 bits per heavy atom. The molecule has 0 saturated carbocycles. The van der Waals surface area contributed by atoms with Crippen molar-refractivity contribution in [1.82, 2.24) is 9.47 Å². The lowest BCUT2D eigenvalue weighted by molar-refractivity contribution is 0.0713. The van der Waals surface area contributed by atoms with Gasteiger partial charge in [0.05, 0.1) is 20.8 Å². The van der Waals surface area contributed by atoms with E-state index in [1.807, 2.05) is 29.9 Å². The predicted octanol–water partition coefficient (Wildman–Crippen LogP) is 2.72. The van der Waals surface area contributed by atoms with Gasteiger partial charge in [0, 0.05) is 39.2 Å². The van der Waals surface area contributed by atoms with E-state index in [0.717, 1.165) is 12.1 Å². The second kappa shape index (κ2) is 9.13. The van der Waals surface area contributed by atoms with Gasteiger partial charge in [-0.3, -0.25) is 4.79 Å². The Kier molecular flexibility index (Phi) is 6.89. The van der Waals surface area contributed by atoms with Crippen LogP contribution in [0.1, 0.15) is 22.5 Å². The number of hydrogen-bond acceptors (Lipinski definition) is 4. The number of amides is 1. The fourth-order valence-corrected chi connectivity index (χ4v) is 2.73. The molecule has 0 saturated heterocycles. The summed E-state index contributed by atoms with van der Waals surface area (Å²) in [4.78, 5) is 15.1. The summed E-state index contributed by atoms with van der Waals surface area (Å²) in [5.74, 6) is 0.896. The van der Waals surface area contributed by atoms with Crippen LogP contribution in [0.15, 0.2) is 36.5 Å². The molecule has 0 aliphatic heterocycles. The summed E-state index contributed by atoms with van der Waals surface area (Å²) in [6, 6.07) is 9.32. The Morgan fingerprint density at radius 3 is 2.28 bits per heavy atom. The van der Waals surface area contributed by atoms with Gasteiger partial charge in [-0.1, -0.05) is 6.07 Å². The molecule has 1 heterocycles. The van der Waals surface area contributed by atoms with Crippen molar-refractivity contribution >= 4 is 5.91 Å². The van der Waals surface area contributed by atoms with Gasteiger partial charge in [-0.2, -0.15) is 0 Å². The minimum Gasteiger partial charge on any atom is -0.496 e. The number of hydrogen-bond donors (Lipinski definition) is 0. The fourth-order valence-electron chi connectivity index (χ4n) is 2.73. The van der Waals surface area contributed by atoms with Crippen molar-refractivity contribution in [2.75, 3.05) is 34.5 Å². The summed E-state index contributed by atoms with van der Waals surface area (Å²) >= 11 is 0. The van der Waals surface area contributed by atoms with Crippen molar-refractivity contribution < 1.29 is 19.0 Å². The van der Waals surface area contributed by atoms with Crippen molar-refractivity contribution in [2.24, 2.45) is 7.05 Å². The predicted molar refractivity (Wildman–Crippen MR) is 96.2 cm³/mol. The smallest absolute Gasteiger partial charge is 0.261 e. The minimum absolute atomic E-state index is 0.119. The van der Waals surface area contributed by atoms with E-state index < -0.39 is 0 Å². The van der Waals surface area contributed by atoms with Gasteiger partial charge in [-0.25, -0.2) is 0 Å². The molecule has 6 nitrogen and oxygen atoms in total. The van der Waals surface area contributed by atoms with E-state index >= 15 is 0 Å².